The molecule has 0 radical (unpaired) electrons. The zero-order valence-electron chi connectivity index (χ0n) is 16.2. The molecule has 26 heavy (non-hydrogen) atoms. The quantitative estimate of drug-likeness (QED) is 0.812. The van der Waals surface area contributed by atoms with Crippen molar-refractivity contribution in [3.8, 4) is 0 Å². The third kappa shape index (κ3) is 4.29. The van der Waals surface area contributed by atoms with Gasteiger partial charge >= 0.3 is 0 Å². The summed E-state index contributed by atoms with van der Waals surface area (Å²) in [7, 11) is 0. The van der Waals surface area contributed by atoms with Crippen molar-refractivity contribution in [1.29, 1.82) is 0 Å². The van der Waals surface area contributed by atoms with Crippen LogP contribution in [0.1, 0.15) is 49.7 Å². The van der Waals surface area contributed by atoms with E-state index >= 15 is 0 Å². The molecule has 4 heteroatoms. The van der Waals surface area contributed by atoms with E-state index in [-0.39, 0.29) is 5.91 Å². The lowest BCUT2D eigenvalue weighted by Gasteiger charge is -2.41. The van der Waals surface area contributed by atoms with E-state index in [0.717, 1.165) is 44.6 Å². The molecule has 0 spiro atoms. The zero-order chi connectivity index (χ0) is 17.9. The van der Waals surface area contributed by atoms with Gasteiger partial charge in [0.25, 0.3) is 0 Å². The minimum absolute atomic E-state index is 0.224. The third-order valence-corrected chi connectivity index (χ3v) is 6.63. The van der Waals surface area contributed by atoms with E-state index in [1.54, 1.807) is 6.92 Å². The molecule has 4 rings (SSSR count). The third-order valence-electron chi connectivity index (χ3n) is 6.63. The van der Waals surface area contributed by atoms with Crippen molar-refractivity contribution in [3.05, 3.63) is 35.4 Å². The smallest absolute Gasteiger partial charge is 0.219 e. The number of rotatable bonds is 5. The average molecular weight is 356 g/mol. The van der Waals surface area contributed by atoms with Crippen molar-refractivity contribution in [2.24, 2.45) is 5.92 Å². The average Bonchev–Trinajstić information content (AvgIpc) is 3.12. The summed E-state index contributed by atoms with van der Waals surface area (Å²) in [4.78, 5) is 18.5. The number of carbonyl (C=O) groups excluding carboxylic acids is 1. The molecule has 1 amide bonds. The van der Waals surface area contributed by atoms with Gasteiger partial charge in [0.2, 0.25) is 5.91 Å². The van der Waals surface area contributed by atoms with Crippen molar-refractivity contribution in [2.75, 3.05) is 45.8 Å². The highest BCUT2D eigenvalue weighted by atomic mass is 16.2. The van der Waals surface area contributed by atoms with Gasteiger partial charge in [-0.05, 0) is 61.7 Å². The van der Waals surface area contributed by atoms with Crippen molar-refractivity contribution in [3.63, 3.8) is 0 Å². The lowest BCUT2D eigenvalue weighted by molar-refractivity contribution is -0.130. The second-order valence-electron chi connectivity index (χ2n) is 8.57. The summed E-state index contributed by atoms with van der Waals surface area (Å²) >= 11 is 0. The Morgan fingerprint density at radius 3 is 2.19 bits per heavy atom. The fourth-order valence-electron chi connectivity index (χ4n) is 4.86. The summed E-state index contributed by atoms with van der Waals surface area (Å²) in [5.41, 5.74) is 3.00. The maximum Gasteiger partial charge on any atom is 0.219 e. The Morgan fingerprint density at radius 2 is 1.58 bits per heavy atom. The summed E-state index contributed by atoms with van der Waals surface area (Å²) in [5, 5.41) is 0. The van der Waals surface area contributed by atoms with E-state index in [9.17, 15) is 4.79 Å². The molecule has 1 saturated carbocycles. The van der Waals surface area contributed by atoms with Crippen molar-refractivity contribution >= 4 is 5.91 Å². The second-order valence-corrected chi connectivity index (χ2v) is 8.57. The molecule has 2 heterocycles. The first kappa shape index (κ1) is 18.0. The lowest BCUT2D eigenvalue weighted by Crippen LogP contribution is -2.50. The number of benzene rings is 1. The summed E-state index contributed by atoms with van der Waals surface area (Å²) in [6, 6.07) is 9.44. The van der Waals surface area contributed by atoms with Crippen LogP contribution in [0.4, 0.5) is 0 Å². The second kappa shape index (κ2) is 8.10. The van der Waals surface area contributed by atoms with E-state index in [1.807, 2.05) is 4.90 Å². The lowest BCUT2D eigenvalue weighted by atomic mass is 9.71. The molecular formula is C22H33N3O. The first-order valence-corrected chi connectivity index (χ1v) is 10.5. The number of likely N-dealkylation sites (tertiary alicyclic amines) is 1. The summed E-state index contributed by atoms with van der Waals surface area (Å²) in [6.07, 6.45) is 5.40. The molecule has 0 bridgehead atoms. The Hall–Kier alpha value is -1.39. The number of piperazine rings is 1. The van der Waals surface area contributed by atoms with Gasteiger partial charge in [-0.1, -0.05) is 24.3 Å². The van der Waals surface area contributed by atoms with Crippen LogP contribution in [0.15, 0.2) is 24.3 Å². The molecule has 1 aliphatic carbocycles. The van der Waals surface area contributed by atoms with Crippen molar-refractivity contribution < 1.29 is 4.79 Å². The molecule has 0 unspecified atom stereocenters. The van der Waals surface area contributed by atoms with Crippen LogP contribution in [0, 0.1) is 5.92 Å². The zero-order valence-corrected chi connectivity index (χ0v) is 16.2. The monoisotopic (exact) mass is 355 g/mol. The SMILES string of the molecule is CC(=O)N1CCN(CC2CC(c3ccc(CN4CCCC4)cc3)C2)CC1. The number of hydrogen-bond acceptors (Lipinski definition) is 3. The first-order valence-electron chi connectivity index (χ1n) is 10.5. The van der Waals surface area contributed by atoms with Gasteiger partial charge in [-0.3, -0.25) is 14.6 Å². The van der Waals surface area contributed by atoms with Gasteiger partial charge in [0, 0.05) is 46.2 Å². The molecule has 0 atom stereocenters. The molecule has 0 aromatic heterocycles. The van der Waals surface area contributed by atoms with Crippen LogP contribution in [-0.4, -0.2) is 66.4 Å². The minimum atomic E-state index is 0.224. The first-order chi connectivity index (χ1) is 12.7. The van der Waals surface area contributed by atoms with E-state index in [4.69, 9.17) is 0 Å². The number of amides is 1. The van der Waals surface area contributed by atoms with E-state index in [2.05, 4.69) is 34.1 Å². The summed E-state index contributed by atoms with van der Waals surface area (Å²) in [5.74, 6) is 1.83. The Bertz CT molecular complexity index is 594. The van der Waals surface area contributed by atoms with E-state index in [0.29, 0.717) is 0 Å². The minimum Gasteiger partial charge on any atom is -0.340 e. The van der Waals surface area contributed by atoms with Gasteiger partial charge in [-0.2, -0.15) is 0 Å². The fraction of sp³-hybridized carbons (Fsp3) is 0.682. The molecular weight excluding hydrogens is 322 g/mol. The Balaban J connectivity index is 1.19. The Morgan fingerprint density at radius 1 is 0.923 bits per heavy atom. The predicted molar refractivity (Wildman–Crippen MR) is 105 cm³/mol. The standard InChI is InChI=1S/C22H33N3O/c1-18(26)25-12-10-24(11-13-25)17-20-14-22(15-20)21-6-4-19(5-7-21)16-23-8-2-3-9-23/h4-7,20,22H,2-3,8-17H2,1H3. The highest BCUT2D eigenvalue weighted by Crippen LogP contribution is 2.42. The van der Waals surface area contributed by atoms with Crippen LogP contribution in [0.2, 0.25) is 0 Å². The van der Waals surface area contributed by atoms with Gasteiger partial charge in [-0.15, -0.1) is 0 Å². The van der Waals surface area contributed by atoms with Crippen LogP contribution in [0.3, 0.4) is 0 Å². The summed E-state index contributed by atoms with van der Waals surface area (Å²) < 4.78 is 0. The highest BCUT2D eigenvalue weighted by Gasteiger charge is 2.32. The van der Waals surface area contributed by atoms with Crippen molar-refractivity contribution in [1.82, 2.24) is 14.7 Å². The number of nitrogens with zero attached hydrogens (tertiary/aromatic N) is 3. The fourth-order valence-corrected chi connectivity index (χ4v) is 4.86. The van der Waals surface area contributed by atoms with Crippen molar-refractivity contribution in [2.45, 2.75) is 45.1 Å². The normalized spacial score (nSPS) is 27.5. The van der Waals surface area contributed by atoms with Gasteiger partial charge in [0.05, 0.1) is 0 Å². The molecule has 3 aliphatic rings. The van der Waals surface area contributed by atoms with Crippen LogP contribution in [0.5, 0.6) is 0 Å². The summed E-state index contributed by atoms with van der Waals surface area (Å²) in [6.45, 7) is 10.5. The maximum absolute atomic E-state index is 11.4. The molecule has 1 aromatic carbocycles. The number of carbonyl (C=O) groups is 1. The van der Waals surface area contributed by atoms with E-state index in [1.165, 1.54) is 56.4 Å². The molecule has 2 aliphatic heterocycles. The van der Waals surface area contributed by atoms with Crippen LogP contribution in [0.25, 0.3) is 0 Å². The van der Waals surface area contributed by atoms with Crippen LogP contribution < -0.4 is 0 Å². The maximum atomic E-state index is 11.4. The van der Waals surface area contributed by atoms with Crippen LogP contribution in [-0.2, 0) is 11.3 Å². The topological polar surface area (TPSA) is 26.8 Å². The van der Waals surface area contributed by atoms with Gasteiger partial charge in [0.15, 0.2) is 0 Å². The molecule has 1 aromatic rings. The molecule has 4 nitrogen and oxygen atoms in total. The molecule has 0 N–H and O–H groups in total. The molecule has 2 saturated heterocycles. The molecule has 142 valence electrons. The largest absolute Gasteiger partial charge is 0.340 e. The highest BCUT2D eigenvalue weighted by molar-refractivity contribution is 5.73. The van der Waals surface area contributed by atoms with Gasteiger partial charge in [0.1, 0.15) is 0 Å². The predicted octanol–water partition coefficient (Wildman–Crippen LogP) is 2.94. The van der Waals surface area contributed by atoms with Crippen LogP contribution >= 0.6 is 0 Å². The molecule has 3 fully saturated rings. The van der Waals surface area contributed by atoms with E-state index < -0.39 is 0 Å². The Kier molecular flexibility index (Phi) is 5.60. The Labute approximate surface area is 158 Å². The number of hydrogen-bond donors (Lipinski definition) is 0. The van der Waals surface area contributed by atoms with Gasteiger partial charge < -0.3 is 4.90 Å². The van der Waals surface area contributed by atoms with Gasteiger partial charge in [-0.25, -0.2) is 0 Å².